The van der Waals surface area contributed by atoms with Gasteiger partial charge in [0.05, 0.1) is 10.0 Å². The fourth-order valence-electron chi connectivity index (χ4n) is 1.68. The second-order valence-electron chi connectivity index (χ2n) is 4.69. The molecule has 2 rings (SSSR count). The van der Waals surface area contributed by atoms with Crippen LogP contribution in [0.1, 0.15) is 16.7 Å². The van der Waals surface area contributed by atoms with Crippen LogP contribution in [0.15, 0.2) is 30.5 Å². The largest absolute Gasteiger partial charge is 0.358 e. The molecule has 0 saturated carbocycles. The summed E-state index contributed by atoms with van der Waals surface area (Å²) in [6.07, 6.45) is 1.55. The standard InChI is InChI=1S/C15H15Cl2N3S/c1-9-3-5-11(6-4-9)7-19-15(21)20-14-13(17)10(2)12(16)8-18-14/h3-6,8H,7H2,1-2H3,(H2,18,19,20,21). The van der Waals surface area contributed by atoms with E-state index in [4.69, 9.17) is 35.4 Å². The number of anilines is 1. The molecule has 0 aliphatic heterocycles. The van der Waals surface area contributed by atoms with Crippen LogP contribution in [0.5, 0.6) is 0 Å². The maximum absolute atomic E-state index is 6.18. The zero-order valence-corrected chi connectivity index (χ0v) is 14.0. The Morgan fingerprint density at radius 3 is 2.52 bits per heavy atom. The third kappa shape index (κ3) is 4.30. The van der Waals surface area contributed by atoms with E-state index in [-0.39, 0.29) is 0 Å². The first-order valence-electron chi connectivity index (χ1n) is 6.38. The van der Waals surface area contributed by atoms with Gasteiger partial charge in [-0.2, -0.15) is 0 Å². The molecule has 0 bridgehead atoms. The van der Waals surface area contributed by atoms with Gasteiger partial charge in [-0.15, -0.1) is 0 Å². The van der Waals surface area contributed by atoms with Crippen molar-refractivity contribution in [1.29, 1.82) is 0 Å². The molecular weight excluding hydrogens is 325 g/mol. The summed E-state index contributed by atoms with van der Waals surface area (Å²) in [6.45, 7) is 4.52. The first kappa shape index (κ1) is 16.0. The number of thiocarbonyl (C=S) groups is 1. The monoisotopic (exact) mass is 339 g/mol. The smallest absolute Gasteiger partial charge is 0.172 e. The summed E-state index contributed by atoms with van der Waals surface area (Å²) >= 11 is 17.4. The van der Waals surface area contributed by atoms with Gasteiger partial charge in [0.2, 0.25) is 0 Å². The van der Waals surface area contributed by atoms with E-state index < -0.39 is 0 Å². The molecule has 0 spiro atoms. The third-order valence-electron chi connectivity index (χ3n) is 3.01. The quantitative estimate of drug-likeness (QED) is 0.807. The molecule has 2 aromatic rings. The van der Waals surface area contributed by atoms with Crippen LogP contribution in [-0.4, -0.2) is 10.1 Å². The molecule has 6 heteroatoms. The predicted molar refractivity (Wildman–Crippen MR) is 93.2 cm³/mol. The van der Waals surface area contributed by atoms with E-state index >= 15 is 0 Å². The Morgan fingerprint density at radius 2 is 1.86 bits per heavy atom. The average molecular weight is 340 g/mol. The molecule has 0 aliphatic rings. The molecule has 21 heavy (non-hydrogen) atoms. The van der Waals surface area contributed by atoms with Gasteiger partial charge in [0.25, 0.3) is 0 Å². The summed E-state index contributed by atoms with van der Waals surface area (Å²) in [5, 5.41) is 7.57. The SMILES string of the molecule is Cc1ccc(CNC(=S)Nc2ncc(Cl)c(C)c2Cl)cc1. The summed E-state index contributed by atoms with van der Waals surface area (Å²) in [6, 6.07) is 8.24. The van der Waals surface area contributed by atoms with Crippen molar-refractivity contribution in [2.75, 3.05) is 5.32 Å². The highest BCUT2D eigenvalue weighted by atomic mass is 35.5. The highest BCUT2D eigenvalue weighted by Crippen LogP contribution is 2.28. The fraction of sp³-hybridized carbons (Fsp3) is 0.200. The Bertz CT molecular complexity index is 657. The first-order valence-corrected chi connectivity index (χ1v) is 7.55. The lowest BCUT2D eigenvalue weighted by Crippen LogP contribution is -2.28. The molecule has 0 unspecified atom stereocenters. The Hall–Kier alpha value is -1.36. The molecule has 0 fully saturated rings. The van der Waals surface area contributed by atoms with Crippen LogP contribution in [0.4, 0.5) is 5.82 Å². The van der Waals surface area contributed by atoms with Crippen LogP contribution < -0.4 is 10.6 Å². The highest BCUT2D eigenvalue weighted by Gasteiger charge is 2.09. The number of aromatic nitrogens is 1. The van der Waals surface area contributed by atoms with E-state index in [1.165, 1.54) is 5.56 Å². The van der Waals surface area contributed by atoms with Crippen LogP contribution in [0.3, 0.4) is 0 Å². The van der Waals surface area contributed by atoms with Crippen LogP contribution in [0.2, 0.25) is 10.0 Å². The summed E-state index contributed by atoms with van der Waals surface area (Å²) in [7, 11) is 0. The van der Waals surface area contributed by atoms with Crippen molar-refractivity contribution < 1.29 is 0 Å². The number of aryl methyl sites for hydroxylation is 1. The predicted octanol–water partition coefficient (Wildman–Crippen LogP) is 4.49. The molecule has 0 radical (unpaired) electrons. The van der Waals surface area contributed by atoms with Gasteiger partial charge < -0.3 is 10.6 Å². The molecule has 1 aromatic carbocycles. The summed E-state index contributed by atoms with van der Waals surface area (Å²) < 4.78 is 0. The van der Waals surface area contributed by atoms with Gasteiger partial charge in [0, 0.05) is 12.7 Å². The summed E-state index contributed by atoms with van der Waals surface area (Å²) in [5.74, 6) is 0.500. The molecule has 1 heterocycles. The van der Waals surface area contributed by atoms with Gasteiger partial charge in [0.1, 0.15) is 0 Å². The van der Waals surface area contributed by atoms with Crippen molar-refractivity contribution in [3.63, 3.8) is 0 Å². The maximum Gasteiger partial charge on any atom is 0.172 e. The van der Waals surface area contributed by atoms with Crippen molar-refractivity contribution >= 4 is 46.4 Å². The molecule has 0 amide bonds. The van der Waals surface area contributed by atoms with Gasteiger partial charge >= 0.3 is 0 Å². The normalized spacial score (nSPS) is 10.3. The number of nitrogens with zero attached hydrogens (tertiary/aromatic N) is 1. The second kappa shape index (κ2) is 7.07. The molecule has 110 valence electrons. The van der Waals surface area contributed by atoms with Gasteiger partial charge in [-0.05, 0) is 37.2 Å². The average Bonchev–Trinajstić information content (AvgIpc) is 2.47. The number of benzene rings is 1. The van der Waals surface area contributed by atoms with E-state index in [9.17, 15) is 0 Å². The van der Waals surface area contributed by atoms with Crippen LogP contribution in [-0.2, 0) is 6.54 Å². The maximum atomic E-state index is 6.18. The van der Waals surface area contributed by atoms with Crippen molar-refractivity contribution in [3.8, 4) is 0 Å². The van der Waals surface area contributed by atoms with Gasteiger partial charge in [-0.1, -0.05) is 53.0 Å². The Balaban J connectivity index is 1.96. The van der Waals surface area contributed by atoms with Gasteiger partial charge in [0.15, 0.2) is 10.9 Å². The molecular formula is C15H15Cl2N3S. The number of nitrogens with one attached hydrogen (secondary N) is 2. The lowest BCUT2D eigenvalue weighted by atomic mass is 10.1. The summed E-state index contributed by atoms with van der Waals surface area (Å²) in [4.78, 5) is 4.14. The Labute approximate surface area is 139 Å². The molecule has 0 saturated heterocycles. The molecule has 2 N–H and O–H groups in total. The minimum absolute atomic E-state index is 0.465. The van der Waals surface area contributed by atoms with Crippen molar-refractivity contribution in [3.05, 3.63) is 57.2 Å². The molecule has 0 aliphatic carbocycles. The Kier molecular flexibility index (Phi) is 5.39. The molecule has 1 aromatic heterocycles. The van der Waals surface area contributed by atoms with Crippen molar-refractivity contribution in [2.24, 2.45) is 0 Å². The van der Waals surface area contributed by atoms with E-state index in [0.29, 0.717) is 27.5 Å². The van der Waals surface area contributed by atoms with Crippen LogP contribution in [0, 0.1) is 13.8 Å². The van der Waals surface area contributed by atoms with E-state index in [1.54, 1.807) is 6.20 Å². The first-order chi connectivity index (χ1) is 9.97. The van der Waals surface area contributed by atoms with Crippen LogP contribution in [0.25, 0.3) is 0 Å². The van der Waals surface area contributed by atoms with E-state index in [0.717, 1.165) is 11.1 Å². The van der Waals surface area contributed by atoms with E-state index in [2.05, 4.69) is 46.8 Å². The number of pyridine rings is 1. The number of hydrogen-bond acceptors (Lipinski definition) is 2. The number of halogens is 2. The number of rotatable bonds is 3. The van der Waals surface area contributed by atoms with E-state index in [1.807, 2.05) is 6.92 Å². The zero-order valence-electron chi connectivity index (χ0n) is 11.7. The topological polar surface area (TPSA) is 37.0 Å². The van der Waals surface area contributed by atoms with Crippen molar-refractivity contribution in [1.82, 2.24) is 10.3 Å². The lowest BCUT2D eigenvalue weighted by Gasteiger charge is -2.12. The van der Waals surface area contributed by atoms with Gasteiger partial charge in [-0.25, -0.2) is 4.98 Å². The Morgan fingerprint density at radius 1 is 1.19 bits per heavy atom. The lowest BCUT2D eigenvalue weighted by molar-refractivity contribution is 0.924. The number of hydrogen-bond donors (Lipinski definition) is 2. The van der Waals surface area contributed by atoms with Crippen molar-refractivity contribution in [2.45, 2.75) is 20.4 Å². The molecule has 0 atom stereocenters. The minimum Gasteiger partial charge on any atom is -0.358 e. The summed E-state index contributed by atoms with van der Waals surface area (Å²) in [5.41, 5.74) is 3.15. The van der Waals surface area contributed by atoms with Crippen LogP contribution >= 0.6 is 35.4 Å². The fourth-order valence-corrected chi connectivity index (χ4v) is 2.24. The van der Waals surface area contributed by atoms with Gasteiger partial charge in [-0.3, -0.25) is 0 Å². The highest BCUT2D eigenvalue weighted by molar-refractivity contribution is 7.80. The second-order valence-corrected chi connectivity index (χ2v) is 5.88. The zero-order chi connectivity index (χ0) is 15.4. The third-order valence-corrected chi connectivity index (χ3v) is 4.10. The molecule has 3 nitrogen and oxygen atoms in total. The minimum atomic E-state index is 0.465.